The first-order valence-corrected chi connectivity index (χ1v) is 6.66. The minimum Gasteiger partial charge on any atom is -0.484 e. The molecule has 2 N–H and O–H groups in total. The molecule has 0 fully saturated rings. The molecule has 0 saturated carbocycles. The number of benzene rings is 1. The van der Waals surface area contributed by atoms with Gasteiger partial charge in [0.1, 0.15) is 12.7 Å². The average Bonchev–Trinajstić information content (AvgIpc) is 2.35. The van der Waals surface area contributed by atoms with Gasteiger partial charge in [-0.15, -0.1) is 0 Å². The van der Waals surface area contributed by atoms with E-state index in [1.54, 1.807) is 12.1 Å². The Labute approximate surface area is 118 Å². The van der Waals surface area contributed by atoms with Gasteiger partial charge >= 0.3 is 5.69 Å². The largest absolute Gasteiger partial charge is 0.484 e. The normalized spacial score (nSPS) is 12.4. The smallest absolute Gasteiger partial charge is 0.310 e. The summed E-state index contributed by atoms with van der Waals surface area (Å²) in [6.45, 7) is 7.21. The summed E-state index contributed by atoms with van der Waals surface area (Å²) in [6.07, 6.45) is -0.700. The van der Waals surface area contributed by atoms with Crippen molar-refractivity contribution in [3.8, 4) is 5.75 Å². The van der Waals surface area contributed by atoms with E-state index in [1.807, 2.05) is 6.92 Å². The van der Waals surface area contributed by atoms with Crippen LogP contribution in [0.4, 0.5) is 5.69 Å². The summed E-state index contributed by atoms with van der Waals surface area (Å²) < 4.78 is 5.37. The van der Waals surface area contributed by atoms with E-state index in [1.165, 1.54) is 6.07 Å². The summed E-state index contributed by atoms with van der Waals surface area (Å²) in [5.41, 5.74) is 0.788. The Morgan fingerprint density at radius 1 is 1.40 bits per heavy atom. The number of aliphatic hydroxyl groups is 1. The summed E-state index contributed by atoms with van der Waals surface area (Å²) in [6, 6.07) is 4.67. The van der Waals surface area contributed by atoms with Gasteiger partial charge in [0.15, 0.2) is 5.75 Å². The van der Waals surface area contributed by atoms with E-state index in [-0.39, 0.29) is 18.0 Å². The molecule has 0 aliphatic heterocycles. The third-order valence-electron chi connectivity index (χ3n) is 2.68. The fourth-order valence-electron chi connectivity index (χ4n) is 1.67. The van der Waals surface area contributed by atoms with Crippen molar-refractivity contribution in [3.05, 3.63) is 33.9 Å². The number of rotatable bonds is 8. The van der Waals surface area contributed by atoms with Crippen LogP contribution >= 0.6 is 0 Å². The maximum atomic E-state index is 10.9. The number of aliphatic hydroxyl groups excluding tert-OH is 1. The molecule has 1 atom stereocenters. The molecule has 0 aliphatic rings. The van der Waals surface area contributed by atoms with E-state index in [4.69, 9.17) is 4.74 Å². The number of nitro groups is 1. The Balaban J connectivity index is 2.52. The molecule has 0 aliphatic carbocycles. The maximum Gasteiger partial charge on any atom is 0.310 e. The summed E-state index contributed by atoms with van der Waals surface area (Å²) in [5.74, 6) is 0.693. The van der Waals surface area contributed by atoms with Crippen molar-refractivity contribution < 1.29 is 14.8 Å². The molecule has 1 aromatic carbocycles. The second-order valence-corrected chi connectivity index (χ2v) is 5.25. The minimum absolute atomic E-state index is 0.0232. The van der Waals surface area contributed by atoms with E-state index < -0.39 is 11.0 Å². The number of hydrogen-bond acceptors (Lipinski definition) is 5. The molecule has 0 heterocycles. The topological polar surface area (TPSA) is 84.6 Å². The Hall–Kier alpha value is -1.66. The number of nitrogens with one attached hydrogen (secondary N) is 1. The molecule has 0 aromatic heterocycles. The third kappa shape index (κ3) is 5.54. The van der Waals surface area contributed by atoms with Gasteiger partial charge < -0.3 is 15.2 Å². The van der Waals surface area contributed by atoms with Crippen molar-refractivity contribution in [2.24, 2.45) is 5.92 Å². The molecular weight excluding hydrogens is 260 g/mol. The van der Waals surface area contributed by atoms with Gasteiger partial charge in [0, 0.05) is 12.6 Å². The first-order chi connectivity index (χ1) is 9.40. The van der Waals surface area contributed by atoms with Crippen LogP contribution in [0.2, 0.25) is 0 Å². The molecule has 1 rings (SSSR count). The Morgan fingerprint density at radius 3 is 2.70 bits per heavy atom. The molecule has 1 aromatic rings. The zero-order valence-electron chi connectivity index (χ0n) is 12.1. The lowest BCUT2D eigenvalue weighted by Gasteiger charge is -2.14. The zero-order chi connectivity index (χ0) is 15.1. The lowest BCUT2D eigenvalue weighted by molar-refractivity contribution is -0.385. The van der Waals surface area contributed by atoms with E-state index in [0.29, 0.717) is 12.5 Å². The van der Waals surface area contributed by atoms with Gasteiger partial charge in [-0.25, -0.2) is 0 Å². The molecule has 1 unspecified atom stereocenters. The van der Waals surface area contributed by atoms with Gasteiger partial charge in [-0.1, -0.05) is 19.9 Å². The number of nitrogens with zero attached hydrogens (tertiary/aromatic N) is 1. The maximum absolute atomic E-state index is 10.9. The third-order valence-corrected chi connectivity index (χ3v) is 2.68. The van der Waals surface area contributed by atoms with Gasteiger partial charge in [0.2, 0.25) is 0 Å². The summed E-state index contributed by atoms with van der Waals surface area (Å²) in [4.78, 5) is 10.4. The summed E-state index contributed by atoms with van der Waals surface area (Å²) in [5, 5.41) is 23.7. The average molecular weight is 282 g/mol. The van der Waals surface area contributed by atoms with Crippen LogP contribution in [-0.2, 0) is 0 Å². The van der Waals surface area contributed by atoms with Gasteiger partial charge in [0.25, 0.3) is 0 Å². The van der Waals surface area contributed by atoms with Crippen molar-refractivity contribution in [2.45, 2.75) is 26.9 Å². The van der Waals surface area contributed by atoms with Crippen LogP contribution < -0.4 is 10.1 Å². The molecule has 0 amide bonds. The fourth-order valence-corrected chi connectivity index (χ4v) is 1.67. The molecule has 20 heavy (non-hydrogen) atoms. The molecule has 0 bridgehead atoms. The van der Waals surface area contributed by atoms with Crippen LogP contribution in [0.15, 0.2) is 18.2 Å². The van der Waals surface area contributed by atoms with E-state index in [9.17, 15) is 15.2 Å². The van der Waals surface area contributed by atoms with Crippen LogP contribution in [0, 0.1) is 23.0 Å². The number of hydrogen-bond donors (Lipinski definition) is 2. The molecule has 0 saturated heterocycles. The summed E-state index contributed by atoms with van der Waals surface area (Å²) in [7, 11) is 0. The molecule has 0 spiro atoms. The van der Waals surface area contributed by atoms with Gasteiger partial charge in [-0.2, -0.15) is 0 Å². The number of nitro benzene ring substituents is 1. The lowest BCUT2D eigenvalue weighted by Crippen LogP contribution is -2.33. The molecule has 112 valence electrons. The first-order valence-electron chi connectivity index (χ1n) is 6.66. The standard InChI is InChI=1S/C14H22N2O4/c1-10(2)7-15-8-12(17)9-20-14-6-11(3)4-5-13(14)16(18)19/h4-6,10,12,15,17H,7-9H2,1-3H3. The zero-order valence-corrected chi connectivity index (χ0v) is 12.1. The van der Waals surface area contributed by atoms with Crippen molar-refractivity contribution in [3.63, 3.8) is 0 Å². The number of ether oxygens (including phenoxy) is 1. The second-order valence-electron chi connectivity index (χ2n) is 5.25. The fraction of sp³-hybridized carbons (Fsp3) is 0.571. The predicted molar refractivity (Wildman–Crippen MR) is 77.0 cm³/mol. The van der Waals surface area contributed by atoms with Crippen LogP contribution in [0.3, 0.4) is 0 Å². The van der Waals surface area contributed by atoms with Crippen molar-refractivity contribution in [1.29, 1.82) is 0 Å². The Bertz CT molecular complexity index is 449. The van der Waals surface area contributed by atoms with Gasteiger partial charge in [-0.3, -0.25) is 10.1 Å². The van der Waals surface area contributed by atoms with E-state index in [2.05, 4.69) is 19.2 Å². The minimum atomic E-state index is -0.700. The van der Waals surface area contributed by atoms with Crippen molar-refractivity contribution in [2.75, 3.05) is 19.7 Å². The lowest BCUT2D eigenvalue weighted by atomic mass is 10.2. The van der Waals surface area contributed by atoms with Crippen LogP contribution in [0.1, 0.15) is 19.4 Å². The van der Waals surface area contributed by atoms with E-state index >= 15 is 0 Å². The second kappa shape index (κ2) is 7.81. The first kappa shape index (κ1) is 16.4. The SMILES string of the molecule is Cc1ccc([N+](=O)[O-])c(OCC(O)CNCC(C)C)c1. The molecule has 6 nitrogen and oxygen atoms in total. The molecule has 0 radical (unpaired) electrons. The van der Waals surface area contributed by atoms with Gasteiger partial charge in [-0.05, 0) is 31.0 Å². The highest BCUT2D eigenvalue weighted by molar-refractivity contribution is 5.48. The van der Waals surface area contributed by atoms with Crippen molar-refractivity contribution in [1.82, 2.24) is 5.32 Å². The van der Waals surface area contributed by atoms with Gasteiger partial charge in [0.05, 0.1) is 4.92 Å². The Kier molecular flexibility index (Phi) is 6.41. The number of aryl methyl sites for hydroxylation is 1. The van der Waals surface area contributed by atoms with Crippen molar-refractivity contribution >= 4 is 5.69 Å². The quantitative estimate of drug-likeness (QED) is 0.562. The van der Waals surface area contributed by atoms with Crippen LogP contribution in [-0.4, -0.2) is 35.8 Å². The van der Waals surface area contributed by atoms with Crippen LogP contribution in [0.5, 0.6) is 5.75 Å². The molecule has 6 heteroatoms. The Morgan fingerprint density at radius 2 is 2.10 bits per heavy atom. The monoisotopic (exact) mass is 282 g/mol. The summed E-state index contributed by atoms with van der Waals surface area (Å²) >= 11 is 0. The highest BCUT2D eigenvalue weighted by Gasteiger charge is 2.16. The van der Waals surface area contributed by atoms with Crippen LogP contribution in [0.25, 0.3) is 0 Å². The highest BCUT2D eigenvalue weighted by Crippen LogP contribution is 2.27. The van der Waals surface area contributed by atoms with E-state index in [0.717, 1.165) is 12.1 Å². The molecular formula is C14H22N2O4. The predicted octanol–water partition coefficient (Wildman–Crippen LogP) is 1.89. The highest BCUT2D eigenvalue weighted by atomic mass is 16.6.